The van der Waals surface area contributed by atoms with Gasteiger partial charge in [-0.25, -0.2) is 0 Å². The molecular formula is C18H18ClN3O2S. The number of pyridine rings is 1. The molecule has 1 aliphatic rings. The Hall–Kier alpha value is -1.79. The summed E-state index contributed by atoms with van der Waals surface area (Å²) in [5.41, 5.74) is 1.10. The molecule has 0 aliphatic heterocycles. The number of thioether (sulfide) groups is 1. The van der Waals surface area contributed by atoms with Crippen molar-refractivity contribution in [2.24, 2.45) is 5.41 Å². The lowest BCUT2D eigenvalue weighted by molar-refractivity contribution is 0.244. The summed E-state index contributed by atoms with van der Waals surface area (Å²) in [6, 6.07) is 7.39. The topological polar surface area (TPSA) is 61.0 Å². The maximum atomic E-state index is 6.20. The molecule has 0 unspecified atom stereocenters. The molecule has 3 aromatic rings. The van der Waals surface area contributed by atoms with Crippen molar-refractivity contribution in [3.05, 3.63) is 47.2 Å². The molecule has 2 aromatic heterocycles. The minimum absolute atomic E-state index is 0.218. The Kier molecular flexibility index (Phi) is 4.56. The number of fused-ring (bicyclic) bond motifs is 1. The van der Waals surface area contributed by atoms with E-state index in [0.717, 1.165) is 28.9 Å². The van der Waals surface area contributed by atoms with Crippen LogP contribution in [-0.2, 0) is 13.0 Å². The Bertz CT molecular complexity index is 895. The van der Waals surface area contributed by atoms with E-state index < -0.39 is 0 Å². The first-order valence-electron chi connectivity index (χ1n) is 8.16. The predicted octanol–water partition coefficient (Wildman–Crippen LogP) is 4.54. The number of hydrogen-bond acceptors (Lipinski definition) is 6. The third kappa shape index (κ3) is 3.60. The van der Waals surface area contributed by atoms with Gasteiger partial charge in [-0.1, -0.05) is 16.8 Å². The van der Waals surface area contributed by atoms with Crippen molar-refractivity contribution in [3.8, 4) is 5.75 Å². The molecular weight excluding hydrogens is 358 g/mol. The molecule has 5 nitrogen and oxygen atoms in total. The Labute approximate surface area is 155 Å². The quantitative estimate of drug-likeness (QED) is 0.604. The zero-order valence-electron chi connectivity index (χ0n) is 13.9. The Morgan fingerprint density at radius 3 is 3.00 bits per heavy atom. The molecule has 25 heavy (non-hydrogen) atoms. The van der Waals surface area contributed by atoms with Crippen molar-refractivity contribution in [2.75, 3.05) is 12.0 Å². The summed E-state index contributed by atoms with van der Waals surface area (Å²) in [6.45, 7) is 0.218. The van der Waals surface area contributed by atoms with Crippen LogP contribution in [0.3, 0.4) is 0 Å². The normalized spacial score (nSPS) is 15.4. The van der Waals surface area contributed by atoms with Crippen LogP contribution >= 0.6 is 23.4 Å². The number of halogens is 1. The van der Waals surface area contributed by atoms with Gasteiger partial charge in [0.15, 0.2) is 12.4 Å². The van der Waals surface area contributed by atoms with E-state index >= 15 is 0 Å². The highest BCUT2D eigenvalue weighted by Gasteiger charge is 2.43. The van der Waals surface area contributed by atoms with Crippen LogP contribution in [-0.4, -0.2) is 27.1 Å². The van der Waals surface area contributed by atoms with Gasteiger partial charge in [-0.3, -0.25) is 4.98 Å². The average Bonchev–Trinajstić information content (AvgIpc) is 3.23. The van der Waals surface area contributed by atoms with Crippen molar-refractivity contribution in [1.29, 1.82) is 0 Å². The van der Waals surface area contributed by atoms with Crippen LogP contribution in [0.15, 0.2) is 35.0 Å². The smallest absolute Gasteiger partial charge is 0.264 e. The molecule has 0 bridgehead atoms. The van der Waals surface area contributed by atoms with E-state index in [1.165, 1.54) is 12.8 Å². The van der Waals surface area contributed by atoms with E-state index in [2.05, 4.69) is 21.4 Å². The first-order valence-corrected chi connectivity index (χ1v) is 9.93. The van der Waals surface area contributed by atoms with E-state index in [1.54, 1.807) is 12.3 Å². The highest BCUT2D eigenvalue weighted by molar-refractivity contribution is 7.98. The van der Waals surface area contributed by atoms with Gasteiger partial charge in [-0.05, 0) is 54.5 Å². The van der Waals surface area contributed by atoms with Gasteiger partial charge in [-0.2, -0.15) is 16.7 Å². The van der Waals surface area contributed by atoms with Crippen LogP contribution in [0.1, 0.15) is 24.6 Å². The minimum atomic E-state index is 0.218. The van der Waals surface area contributed by atoms with Crippen LogP contribution in [0, 0.1) is 5.41 Å². The van der Waals surface area contributed by atoms with Crippen molar-refractivity contribution >= 4 is 34.3 Å². The van der Waals surface area contributed by atoms with Gasteiger partial charge in [-0.15, -0.1) is 0 Å². The second kappa shape index (κ2) is 6.84. The lowest BCUT2D eigenvalue weighted by Crippen LogP contribution is -2.09. The van der Waals surface area contributed by atoms with Crippen LogP contribution in [0.2, 0.25) is 5.02 Å². The van der Waals surface area contributed by atoms with Crippen molar-refractivity contribution < 1.29 is 9.26 Å². The molecule has 0 amide bonds. The van der Waals surface area contributed by atoms with Crippen LogP contribution in [0.5, 0.6) is 5.75 Å². The molecule has 1 fully saturated rings. The fraction of sp³-hybridized carbons (Fsp3) is 0.389. The van der Waals surface area contributed by atoms with E-state index in [9.17, 15) is 0 Å². The van der Waals surface area contributed by atoms with Gasteiger partial charge in [0.2, 0.25) is 0 Å². The first-order chi connectivity index (χ1) is 12.2. The Balaban J connectivity index is 1.45. The Morgan fingerprint density at radius 1 is 1.32 bits per heavy atom. The molecule has 130 valence electrons. The van der Waals surface area contributed by atoms with Gasteiger partial charge in [0.25, 0.3) is 5.89 Å². The predicted molar refractivity (Wildman–Crippen MR) is 99.1 cm³/mol. The highest BCUT2D eigenvalue weighted by atomic mass is 35.5. The number of aromatic nitrogens is 3. The fourth-order valence-corrected chi connectivity index (χ4v) is 4.20. The second-order valence-corrected chi connectivity index (χ2v) is 7.72. The molecule has 1 aromatic carbocycles. The highest BCUT2D eigenvalue weighted by Crippen LogP contribution is 2.49. The summed E-state index contributed by atoms with van der Waals surface area (Å²) in [5, 5.41) is 5.61. The van der Waals surface area contributed by atoms with Gasteiger partial charge in [0, 0.05) is 18.0 Å². The molecule has 1 saturated carbocycles. The number of hydrogen-bond donors (Lipinski definition) is 0. The van der Waals surface area contributed by atoms with Crippen molar-refractivity contribution in [3.63, 3.8) is 0 Å². The molecule has 1 aliphatic carbocycles. The molecule has 4 rings (SSSR count). The third-order valence-electron chi connectivity index (χ3n) is 4.48. The summed E-state index contributed by atoms with van der Waals surface area (Å²) >= 11 is 8.08. The standard InChI is InChI=1S/C18H18ClN3O2S/c1-25-11-18(6-7-18)9-15-21-16(24-22-15)10-23-14-5-4-13(19)12-3-2-8-20-17(12)14/h2-5,8H,6-7,9-11H2,1H3. The van der Waals surface area contributed by atoms with Gasteiger partial charge >= 0.3 is 0 Å². The van der Waals surface area contributed by atoms with Crippen LogP contribution < -0.4 is 4.74 Å². The van der Waals surface area contributed by atoms with E-state index in [1.807, 2.05) is 30.0 Å². The van der Waals surface area contributed by atoms with Crippen LogP contribution in [0.4, 0.5) is 0 Å². The van der Waals surface area contributed by atoms with Crippen molar-refractivity contribution in [1.82, 2.24) is 15.1 Å². The monoisotopic (exact) mass is 375 g/mol. The van der Waals surface area contributed by atoms with Gasteiger partial charge in [0.1, 0.15) is 11.3 Å². The number of benzene rings is 1. The molecule has 7 heteroatoms. The maximum Gasteiger partial charge on any atom is 0.264 e. The van der Waals surface area contributed by atoms with E-state index in [-0.39, 0.29) is 6.61 Å². The second-order valence-electron chi connectivity index (χ2n) is 6.45. The first kappa shape index (κ1) is 16.7. The summed E-state index contributed by atoms with van der Waals surface area (Å²) < 4.78 is 11.2. The molecule has 0 N–H and O–H groups in total. The van der Waals surface area contributed by atoms with E-state index in [0.29, 0.717) is 22.1 Å². The molecule has 0 saturated heterocycles. The summed E-state index contributed by atoms with van der Waals surface area (Å²) in [5.74, 6) is 3.05. The lowest BCUT2D eigenvalue weighted by atomic mass is 10.1. The zero-order valence-corrected chi connectivity index (χ0v) is 15.4. The zero-order chi connectivity index (χ0) is 17.3. The fourth-order valence-electron chi connectivity index (χ4n) is 2.98. The molecule has 0 atom stereocenters. The van der Waals surface area contributed by atoms with Gasteiger partial charge < -0.3 is 9.26 Å². The molecule has 2 heterocycles. The maximum absolute atomic E-state index is 6.20. The minimum Gasteiger partial charge on any atom is -0.481 e. The number of ether oxygens (including phenoxy) is 1. The average molecular weight is 376 g/mol. The number of rotatable bonds is 7. The molecule has 0 radical (unpaired) electrons. The molecule has 0 spiro atoms. The lowest BCUT2D eigenvalue weighted by Gasteiger charge is -2.09. The SMILES string of the molecule is CSCC1(Cc2noc(COc3ccc(Cl)c4cccnc34)n2)CC1. The number of nitrogens with zero attached hydrogens (tertiary/aromatic N) is 3. The largest absolute Gasteiger partial charge is 0.481 e. The van der Waals surface area contributed by atoms with Crippen LogP contribution in [0.25, 0.3) is 10.9 Å². The Morgan fingerprint density at radius 2 is 2.20 bits per heavy atom. The summed E-state index contributed by atoms with van der Waals surface area (Å²) in [6.07, 6.45) is 7.23. The van der Waals surface area contributed by atoms with Gasteiger partial charge in [0.05, 0.1) is 5.02 Å². The summed E-state index contributed by atoms with van der Waals surface area (Å²) in [7, 11) is 0. The summed E-state index contributed by atoms with van der Waals surface area (Å²) in [4.78, 5) is 8.83. The van der Waals surface area contributed by atoms with E-state index in [4.69, 9.17) is 20.9 Å². The van der Waals surface area contributed by atoms with Crippen molar-refractivity contribution in [2.45, 2.75) is 25.9 Å². The third-order valence-corrected chi connectivity index (χ3v) is 5.71.